The summed E-state index contributed by atoms with van der Waals surface area (Å²) in [6.45, 7) is 4.11. The van der Waals surface area contributed by atoms with E-state index in [1.807, 2.05) is 31.2 Å². The number of fused-ring (bicyclic) bond motifs is 1. The second-order valence-electron chi connectivity index (χ2n) is 8.67. The number of carbonyl (C=O) groups excluding carboxylic acids is 1. The highest BCUT2D eigenvalue weighted by molar-refractivity contribution is 9.10. The SMILES string of the molecule is CC(NC(=O)NCCCN(CCCC(=O)O)C1CCCc2ccccc21)c1ccc(Br)cc1. The van der Waals surface area contributed by atoms with Gasteiger partial charge in [0.15, 0.2) is 0 Å². The Morgan fingerprint density at radius 1 is 1.12 bits per heavy atom. The molecule has 1 aliphatic carbocycles. The third kappa shape index (κ3) is 7.86. The van der Waals surface area contributed by atoms with E-state index in [9.17, 15) is 9.59 Å². The molecule has 7 heteroatoms. The Morgan fingerprint density at radius 3 is 2.61 bits per heavy atom. The first-order valence-corrected chi connectivity index (χ1v) is 12.6. The van der Waals surface area contributed by atoms with Crippen LogP contribution in [0, 0.1) is 0 Å². The second kappa shape index (κ2) is 12.8. The highest BCUT2D eigenvalue weighted by Gasteiger charge is 2.25. The summed E-state index contributed by atoms with van der Waals surface area (Å²) in [4.78, 5) is 25.8. The number of nitrogens with zero attached hydrogens (tertiary/aromatic N) is 1. The molecule has 2 amide bonds. The molecule has 178 valence electrons. The lowest BCUT2D eigenvalue weighted by atomic mass is 9.86. The fraction of sp³-hybridized carbons (Fsp3) is 0.462. The predicted octanol–water partition coefficient (Wildman–Crippen LogP) is 5.44. The average molecular weight is 516 g/mol. The van der Waals surface area contributed by atoms with E-state index in [-0.39, 0.29) is 18.5 Å². The first-order valence-electron chi connectivity index (χ1n) is 11.8. The molecule has 6 nitrogen and oxygen atoms in total. The number of urea groups is 1. The number of halogens is 1. The monoisotopic (exact) mass is 515 g/mol. The van der Waals surface area contributed by atoms with Crippen molar-refractivity contribution in [2.45, 2.75) is 57.5 Å². The van der Waals surface area contributed by atoms with Crippen LogP contribution < -0.4 is 10.6 Å². The van der Waals surface area contributed by atoms with Crippen LogP contribution in [0.15, 0.2) is 53.0 Å². The highest BCUT2D eigenvalue weighted by atomic mass is 79.9. The van der Waals surface area contributed by atoms with E-state index in [1.165, 1.54) is 11.1 Å². The third-order valence-corrected chi connectivity index (χ3v) is 6.77. The topological polar surface area (TPSA) is 81.7 Å². The zero-order chi connectivity index (χ0) is 23.6. The fourth-order valence-corrected chi connectivity index (χ4v) is 4.80. The highest BCUT2D eigenvalue weighted by Crippen LogP contribution is 2.34. The van der Waals surface area contributed by atoms with E-state index in [4.69, 9.17) is 5.11 Å². The number of carbonyl (C=O) groups is 2. The maximum Gasteiger partial charge on any atom is 0.315 e. The number of hydrogen-bond donors (Lipinski definition) is 3. The van der Waals surface area contributed by atoms with Crippen molar-refractivity contribution in [1.29, 1.82) is 0 Å². The summed E-state index contributed by atoms with van der Waals surface area (Å²) in [7, 11) is 0. The minimum Gasteiger partial charge on any atom is -0.481 e. The van der Waals surface area contributed by atoms with Crippen LogP contribution in [-0.4, -0.2) is 41.6 Å². The Hall–Kier alpha value is -2.38. The summed E-state index contributed by atoms with van der Waals surface area (Å²) < 4.78 is 1.01. The normalized spacial score (nSPS) is 16.2. The molecule has 3 rings (SSSR count). The van der Waals surface area contributed by atoms with Gasteiger partial charge in [0, 0.05) is 30.0 Å². The fourth-order valence-electron chi connectivity index (χ4n) is 4.53. The number of nitrogens with one attached hydrogen (secondary N) is 2. The Labute approximate surface area is 204 Å². The zero-order valence-corrected chi connectivity index (χ0v) is 20.8. The number of carboxylic acids is 1. The molecule has 2 atom stereocenters. The Kier molecular flexibility index (Phi) is 9.76. The van der Waals surface area contributed by atoms with Crippen molar-refractivity contribution < 1.29 is 14.7 Å². The van der Waals surface area contributed by atoms with Crippen LogP contribution >= 0.6 is 15.9 Å². The van der Waals surface area contributed by atoms with Gasteiger partial charge in [0.1, 0.15) is 0 Å². The van der Waals surface area contributed by atoms with E-state index in [2.05, 4.69) is 55.7 Å². The van der Waals surface area contributed by atoms with Gasteiger partial charge in [0.05, 0.1) is 6.04 Å². The smallest absolute Gasteiger partial charge is 0.315 e. The maximum absolute atomic E-state index is 12.3. The van der Waals surface area contributed by atoms with Crippen molar-refractivity contribution in [2.24, 2.45) is 0 Å². The summed E-state index contributed by atoms with van der Waals surface area (Å²) in [5.41, 5.74) is 3.82. The van der Waals surface area contributed by atoms with Gasteiger partial charge in [-0.15, -0.1) is 0 Å². The van der Waals surface area contributed by atoms with Crippen LogP contribution in [0.25, 0.3) is 0 Å². The lowest BCUT2D eigenvalue weighted by molar-refractivity contribution is -0.137. The molecular weight excluding hydrogens is 482 g/mol. The lowest BCUT2D eigenvalue weighted by Crippen LogP contribution is -2.39. The molecule has 2 unspecified atom stereocenters. The van der Waals surface area contributed by atoms with Gasteiger partial charge < -0.3 is 15.7 Å². The van der Waals surface area contributed by atoms with Gasteiger partial charge in [0.25, 0.3) is 0 Å². The van der Waals surface area contributed by atoms with E-state index < -0.39 is 5.97 Å². The van der Waals surface area contributed by atoms with E-state index >= 15 is 0 Å². The summed E-state index contributed by atoms with van der Waals surface area (Å²) in [6.07, 6.45) is 4.96. The summed E-state index contributed by atoms with van der Waals surface area (Å²) in [5.74, 6) is -0.753. The zero-order valence-electron chi connectivity index (χ0n) is 19.2. The van der Waals surface area contributed by atoms with Crippen molar-refractivity contribution in [3.8, 4) is 0 Å². The largest absolute Gasteiger partial charge is 0.481 e. The molecule has 0 heterocycles. The Balaban J connectivity index is 1.50. The van der Waals surface area contributed by atoms with Gasteiger partial charge >= 0.3 is 12.0 Å². The van der Waals surface area contributed by atoms with Gasteiger partial charge in [-0.05, 0) is 74.4 Å². The van der Waals surface area contributed by atoms with Crippen LogP contribution in [-0.2, 0) is 11.2 Å². The van der Waals surface area contributed by atoms with E-state index in [1.54, 1.807) is 0 Å². The van der Waals surface area contributed by atoms with Crippen LogP contribution in [0.3, 0.4) is 0 Å². The molecule has 0 saturated heterocycles. The van der Waals surface area contributed by atoms with Crippen LogP contribution in [0.2, 0.25) is 0 Å². The quantitative estimate of drug-likeness (QED) is 0.347. The molecule has 2 aromatic rings. The summed E-state index contributed by atoms with van der Waals surface area (Å²) >= 11 is 3.43. The Morgan fingerprint density at radius 2 is 1.85 bits per heavy atom. The summed E-state index contributed by atoms with van der Waals surface area (Å²) in [5, 5.41) is 15.0. The van der Waals surface area contributed by atoms with Crippen molar-refractivity contribution in [3.05, 3.63) is 69.7 Å². The standard InChI is InChI=1S/C26H34BrN3O3/c1-19(20-12-14-22(27)15-13-20)29-26(33)28-16-6-18-30(17-5-11-25(31)32)24-10-4-8-21-7-2-3-9-23(21)24/h2-3,7,9,12-15,19,24H,4-6,8,10-11,16-18H2,1H3,(H,31,32)(H2,28,29,33). The predicted molar refractivity (Wildman–Crippen MR) is 134 cm³/mol. The maximum atomic E-state index is 12.3. The minimum absolute atomic E-state index is 0.0793. The molecule has 0 saturated carbocycles. The average Bonchev–Trinajstić information content (AvgIpc) is 2.80. The molecule has 0 fully saturated rings. The summed E-state index contributed by atoms with van der Waals surface area (Å²) in [6, 6.07) is 16.6. The van der Waals surface area contributed by atoms with Crippen LogP contribution in [0.5, 0.6) is 0 Å². The Bertz CT molecular complexity index is 919. The third-order valence-electron chi connectivity index (χ3n) is 6.24. The molecule has 3 N–H and O–H groups in total. The molecule has 0 aromatic heterocycles. The number of aryl methyl sites for hydroxylation is 1. The number of carboxylic acid groups (broad SMARTS) is 1. The molecule has 33 heavy (non-hydrogen) atoms. The van der Waals surface area contributed by atoms with Gasteiger partial charge in [-0.3, -0.25) is 9.69 Å². The van der Waals surface area contributed by atoms with Crippen LogP contribution in [0.1, 0.15) is 67.8 Å². The first-order chi connectivity index (χ1) is 15.9. The van der Waals surface area contributed by atoms with Gasteiger partial charge in [0.2, 0.25) is 0 Å². The van der Waals surface area contributed by atoms with Crippen molar-refractivity contribution >= 4 is 27.9 Å². The number of rotatable bonds is 11. The van der Waals surface area contributed by atoms with Gasteiger partial charge in [-0.25, -0.2) is 4.79 Å². The molecule has 0 radical (unpaired) electrons. The number of benzene rings is 2. The second-order valence-corrected chi connectivity index (χ2v) is 9.58. The van der Waals surface area contributed by atoms with Gasteiger partial charge in [-0.2, -0.15) is 0 Å². The number of amides is 2. The molecule has 1 aliphatic rings. The van der Waals surface area contributed by atoms with Crippen molar-refractivity contribution in [2.75, 3.05) is 19.6 Å². The van der Waals surface area contributed by atoms with Crippen molar-refractivity contribution in [3.63, 3.8) is 0 Å². The van der Waals surface area contributed by atoms with Gasteiger partial charge in [-0.1, -0.05) is 52.3 Å². The van der Waals surface area contributed by atoms with Crippen LogP contribution in [0.4, 0.5) is 4.79 Å². The first kappa shape index (κ1) is 25.2. The number of aliphatic carboxylic acids is 1. The molecule has 0 spiro atoms. The molecule has 0 aliphatic heterocycles. The number of hydrogen-bond acceptors (Lipinski definition) is 3. The molecule has 2 aromatic carbocycles. The molecular formula is C26H34BrN3O3. The van der Waals surface area contributed by atoms with E-state index in [0.717, 1.165) is 48.8 Å². The molecule has 0 bridgehead atoms. The van der Waals surface area contributed by atoms with Crippen molar-refractivity contribution in [1.82, 2.24) is 15.5 Å². The minimum atomic E-state index is -0.753. The lowest BCUT2D eigenvalue weighted by Gasteiger charge is -2.36. The van der Waals surface area contributed by atoms with E-state index in [0.29, 0.717) is 19.0 Å².